The Hall–Kier alpha value is -2.87. The van der Waals surface area contributed by atoms with Crippen LogP contribution in [0.15, 0.2) is 34.9 Å². The van der Waals surface area contributed by atoms with E-state index in [-0.39, 0.29) is 29.5 Å². The average molecular weight is 470 g/mol. The third-order valence-electron chi connectivity index (χ3n) is 6.71. The Kier molecular flexibility index (Phi) is 8.57. The largest absolute Gasteiger partial charge is 0.497 e. The lowest BCUT2D eigenvalue weighted by Crippen LogP contribution is -2.41. The van der Waals surface area contributed by atoms with Gasteiger partial charge in [-0.05, 0) is 49.8 Å². The maximum absolute atomic E-state index is 13.3. The van der Waals surface area contributed by atoms with E-state index in [0.717, 1.165) is 56.4 Å². The van der Waals surface area contributed by atoms with Gasteiger partial charge in [-0.3, -0.25) is 9.59 Å². The highest BCUT2D eigenvalue weighted by atomic mass is 16.5. The van der Waals surface area contributed by atoms with Gasteiger partial charge in [0.1, 0.15) is 5.75 Å². The first kappa shape index (κ1) is 24.3. The number of aromatic nitrogens is 1. The van der Waals surface area contributed by atoms with E-state index in [4.69, 9.17) is 14.0 Å². The summed E-state index contributed by atoms with van der Waals surface area (Å²) in [7, 11) is 1.63. The molecule has 1 saturated carbocycles. The van der Waals surface area contributed by atoms with E-state index in [2.05, 4.69) is 10.5 Å². The fourth-order valence-electron chi connectivity index (χ4n) is 4.76. The van der Waals surface area contributed by atoms with E-state index in [1.807, 2.05) is 29.2 Å². The molecular weight excluding hydrogens is 434 g/mol. The number of benzene rings is 1. The molecule has 8 nitrogen and oxygen atoms in total. The Bertz CT molecular complexity index is 930. The van der Waals surface area contributed by atoms with Gasteiger partial charge < -0.3 is 24.2 Å². The zero-order valence-corrected chi connectivity index (χ0v) is 20.0. The Balaban J connectivity index is 1.32. The van der Waals surface area contributed by atoms with Crippen LogP contribution in [0.5, 0.6) is 5.75 Å². The molecule has 1 saturated heterocycles. The molecule has 0 spiro atoms. The van der Waals surface area contributed by atoms with Gasteiger partial charge in [-0.25, -0.2) is 0 Å². The molecule has 0 bridgehead atoms. The molecule has 1 unspecified atom stereocenters. The maximum atomic E-state index is 13.3. The van der Waals surface area contributed by atoms with Crippen molar-refractivity contribution in [2.45, 2.75) is 64.0 Å². The predicted octanol–water partition coefficient (Wildman–Crippen LogP) is 3.74. The van der Waals surface area contributed by atoms with Crippen LogP contribution in [-0.2, 0) is 22.5 Å². The molecule has 184 valence electrons. The molecular formula is C26H35N3O5. The number of methoxy groups -OCH3 is 1. The third kappa shape index (κ3) is 6.59. The highest BCUT2D eigenvalue weighted by Crippen LogP contribution is 2.27. The van der Waals surface area contributed by atoms with E-state index >= 15 is 0 Å². The Labute approximate surface area is 201 Å². The van der Waals surface area contributed by atoms with Gasteiger partial charge in [-0.1, -0.05) is 36.6 Å². The number of rotatable bonds is 10. The molecule has 0 radical (unpaired) electrons. The second-order valence-electron chi connectivity index (χ2n) is 9.22. The summed E-state index contributed by atoms with van der Waals surface area (Å²) in [5.74, 6) is 1.27. The Morgan fingerprint density at radius 1 is 1.12 bits per heavy atom. The molecule has 2 heterocycles. The number of hydrogen-bond donors (Lipinski definition) is 1. The van der Waals surface area contributed by atoms with Crippen molar-refractivity contribution in [3.63, 3.8) is 0 Å². The Morgan fingerprint density at radius 3 is 2.62 bits per heavy atom. The summed E-state index contributed by atoms with van der Waals surface area (Å²) in [5.41, 5.74) is 1.33. The highest BCUT2D eigenvalue weighted by molar-refractivity contribution is 5.92. The molecule has 1 aliphatic heterocycles. The van der Waals surface area contributed by atoms with Crippen molar-refractivity contribution < 1.29 is 23.6 Å². The van der Waals surface area contributed by atoms with Gasteiger partial charge in [0.15, 0.2) is 11.5 Å². The number of carbonyl (C=O) groups excluding carboxylic acids is 2. The first-order valence-corrected chi connectivity index (χ1v) is 12.4. The number of carbonyl (C=O) groups is 2. The van der Waals surface area contributed by atoms with Crippen LogP contribution in [0, 0.1) is 5.92 Å². The van der Waals surface area contributed by atoms with Gasteiger partial charge in [0.25, 0.3) is 5.91 Å². The van der Waals surface area contributed by atoms with Gasteiger partial charge in [-0.15, -0.1) is 0 Å². The Morgan fingerprint density at radius 2 is 1.91 bits per heavy atom. The number of ether oxygens (including phenoxy) is 2. The van der Waals surface area contributed by atoms with Crippen molar-refractivity contribution in [1.82, 2.24) is 15.4 Å². The van der Waals surface area contributed by atoms with Crippen molar-refractivity contribution in [2.75, 3.05) is 26.8 Å². The van der Waals surface area contributed by atoms with Crippen molar-refractivity contribution in [3.8, 4) is 5.75 Å². The first-order chi connectivity index (χ1) is 16.6. The average Bonchev–Trinajstić information content (AvgIpc) is 3.56. The van der Waals surface area contributed by atoms with Crippen LogP contribution in [0.4, 0.5) is 0 Å². The minimum absolute atomic E-state index is 0.0659. The SMILES string of the molecule is COc1ccc(CCNC(=O)c2cc(CN(CC3CCCO3)C(=O)C3CCCCC3)on2)cc1. The van der Waals surface area contributed by atoms with Crippen LogP contribution in [0.1, 0.15) is 66.8 Å². The molecule has 1 N–H and O–H groups in total. The molecule has 2 fully saturated rings. The molecule has 2 amide bonds. The number of hydrogen-bond acceptors (Lipinski definition) is 6. The molecule has 1 aromatic heterocycles. The van der Waals surface area contributed by atoms with Crippen LogP contribution < -0.4 is 10.1 Å². The molecule has 2 aliphatic rings. The lowest BCUT2D eigenvalue weighted by atomic mass is 9.88. The molecule has 8 heteroatoms. The summed E-state index contributed by atoms with van der Waals surface area (Å²) < 4.78 is 16.4. The fraction of sp³-hybridized carbons (Fsp3) is 0.577. The zero-order chi connectivity index (χ0) is 23.8. The molecule has 1 aliphatic carbocycles. The van der Waals surface area contributed by atoms with Crippen LogP contribution >= 0.6 is 0 Å². The van der Waals surface area contributed by atoms with Gasteiger partial charge in [-0.2, -0.15) is 0 Å². The number of nitrogens with one attached hydrogen (secondary N) is 1. The molecule has 1 atom stereocenters. The van der Waals surface area contributed by atoms with Crippen molar-refractivity contribution in [2.24, 2.45) is 5.92 Å². The number of amides is 2. The smallest absolute Gasteiger partial charge is 0.273 e. The van der Waals surface area contributed by atoms with Crippen LogP contribution in [0.25, 0.3) is 0 Å². The van der Waals surface area contributed by atoms with Crippen molar-refractivity contribution in [3.05, 3.63) is 47.3 Å². The minimum Gasteiger partial charge on any atom is -0.497 e. The predicted molar refractivity (Wildman–Crippen MR) is 127 cm³/mol. The van der Waals surface area contributed by atoms with E-state index in [1.165, 1.54) is 6.42 Å². The highest BCUT2D eigenvalue weighted by Gasteiger charge is 2.30. The summed E-state index contributed by atoms with van der Waals surface area (Å²) in [4.78, 5) is 27.7. The maximum Gasteiger partial charge on any atom is 0.273 e. The fourth-order valence-corrected chi connectivity index (χ4v) is 4.76. The first-order valence-electron chi connectivity index (χ1n) is 12.4. The minimum atomic E-state index is -0.284. The van der Waals surface area contributed by atoms with E-state index < -0.39 is 0 Å². The van der Waals surface area contributed by atoms with Crippen LogP contribution in [0.3, 0.4) is 0 Å². The van der Waals surface area contributed by atoms with E-state index in [0.29, 0.717) is 31.8 Å². The quantitative estimate of drug-likeness (QED) is 0.570. The second kappa shape index (κ2) is 12.0. The van der Waals surface area contributed by atoms with Gasteiger partial charge >= 0.3 is 0 Å². The van der Waals surface area contributed by atoms with Crippen molar-refractivity contribution in [1.29, 1.82) is 0 Å². The summed E-state index contributed by atoms with van der Waals surface area (Å²) in [6.45, 7) is 2.10. The van der Waals surface area contributed by atoms with Crippen LogP contribution in [-0.4, -0.2) is 54.8 Å². The third-order valence-corrected chi connectivity index (χ3v) is 6.71. The summed E-state index contributed by atoms with van der Waals surface area (Å²) in [5, 5.41) is 6.83. The molecule has 2 aromatic rings. The lowest BCUT2D eigenvalue weighted by Gasteiger charge is -2.30. The molecule has 1 aromatic carbocycles. The summed E-state index contributed by atoms with van der Waals surface area (Å²) in [6.07, 6.45) is 8.06. The molecule has 4 rings (SSSR count). The summed E-state index contributed by atoms with van der Waals surface area (Å²) >= 11 is 0. The lowest BCUT2D eigenvalue weighted by molar-refractivity contribution is -0.139. The number of nitrogens with zero attached hydrogens (tertiary/aromatic N) is 2. The topological polar surface area (TPSA) is 93.9 Å². The van der Waals surface area contributed by atoms with E-state index in [9.17, 15) is 9.59 Å². The zero-order valence-electron chi connectivity index (χ0n) is 20.0. The van der Waals surface area contributed by atoms with Gasteiger partial charge in [0.05, 0.1) is 19.8 Å². The molecule has 34 heavy (non-hydrogen) atoms. The second-order valence-corrected chi connectivity index (χ2v) is 9.22. The van der Waals surface area contributed by atoms with Crippen LogP contribution in [0.2, 0.25) is 0 Å². The van der Waals surface area contributed by atoms with Crippen molar-refractivity contribution >= 4 is 11.8 Å². The summed E-state index contributed by atoms with van der Waals surface area (Å²) in [6, 6.07) is 9.39. The van der Waals surface area contributed by atoms with Gasteiger partial charge in [0.2, 0.25) is 5.91 Å². The standard InChI is InChI=1S/C26H35N3O5/c1-32-21-11-9-19(10-12-21)13-14-27-25(30)24-16-23(34-28-24)18-29(17-22-8-5-15-33-22)26(31)20-6-3-2-4-7-20/h9-12,16,20,22H,2-8,13-15,17-18H2,1H3,(H,27,30). The monoisotopic (exact) mass is 469 g/mol. The van der Waals surface area contributed by atoms with E-state index in [1.54, 1.807) is 13.2 Å². The van der Waals surface area contributed by atoms with Gasteiger partial charge in [0, 0.05) is 31.7 Å². The normalized spacial score (nSPS) is 18.6.